The number of nitrogens with zero attached hydrogens (tertiary/aromatic N) is 1. The molecule has 13 heteroatoms. The highest BCUT2D eigenvalue weighted by Gasteiger charge is 2.31. The smallest absolute Gasteiger partial charge is 0.481 e. The monoisotopic (exact) mass is 583 g/mol. The van der Waals surface area contributed by atoms with Crippen LogP contribution in [0.3, 0.4) is 0 Å². The van der Waals surface area contributed by atoms with Crippen molar-refractivity contribution in [2.75, 3.05) is 6.54 Å². The van der Waals surface area contributed by atoms with Gasteiger partial charge in [0, 0.05) is 40.8 Å². The number of nitrogens with one attached hydrogen (secondary N) is 2. The van der Waals surface area contributed by atoms with Gasteiger partial charge < -0.3 is 15.2 Å². The fraction of sp³-hybridized carbons (Fsp3) is 0.192. The Labute approximate surface area is 231 Å². The molecule has 0 aromatic heterocycles. The molecule has 2 amide bonds. The minimum atomic E-state index is -4.85. The van der Waals surface area contributed by atoms with E-state index in [-0.39, 0.29) is 31.6 Å². The molecule has 3 rings (SSSR count). The van der Waals surface area contributed by atoms with Gasteiger partial charge in [0.25, 0.3) is 11.8 Å². The number of carbonyl (C=O) groups excluding carboxylic acids is 2. The molecule has 0 spiro atoms. The van der Waals surface area contributed by atoms with Crippen LogP contribution in [0.1, 0.15) is 38.3 Å². The van der Waals surface area contributed by atoms with Crippen molar-refractivity contribution in [1.82, 2.24) is 15.8 Å². The van der Waals surface area contributed by atoms with Gasteiger partial charge in [0.05, 0.1) is 6.42 Å². The molecule has 0 saturated carbocycles. The molecule has 8 nitrogen and oxygen atoms in total. The third-order valence-electron chi connectivity index (χ3n) is 5.12. The van der Waals surface area contributed by atoms with Crippen molar-refractivity contribution >= 4 is 41.0 Å². The molecule has 3 aromatic rings. The van der Waals surface area contributed by atoms with Crippen molar-refractivity contribution in [3.8, 4) is 5.75 Å². The lowest BCUT2D eigenvalue weighted by atomic mass is 10.1. The van der Waals surface area contributed by atoms with Crippen molar-refractivity contribution < 1.29 is 37.4 Å². The molecular weight excluding hydrogens is 562 g/mol. The summed E-state index contributed by atoms with van der Waals surface area (Å²) in [6.45, 7) is 0.325. The van der Waals surface area contributed by atoms with Crippen LogP contribution in [0.15, 0.2) is 66.7 Å². The molecule has 3 N–H and O–H groups in total. The highest BCUT2D eigenvalue weighted by atomic mass is 35.5. The minimum Gasteiger partial charge on any atom is -0.481 e. The van der Waals surface area contributed by atoms with Gasteiger partial charge >= 0.3 is 12.3 Å². The molecule has 0 atom stereocenters. The molecule has 0 heterocycles. The number of amides is 2. The number of ether oxygens (including phenoxy) is 1. The van der Waals surface area contributed by atoms with Crippen molar-refractivity contribution in [2.45, 2.75) is 25.9 Å². The fourth-order valence-electron chi connectivity index (χ4n) is 3.44. The van der Waals surface area contributed by atoms with Gasteiger partial charge in [-0.25, -0.2) is 5.01 Å². The molecule has 0 fully saturated rings. The van der Waals surface area contributed by atoms with Crippen molar-refractivity contribution in [3.05, 3.63) is 99.0 Å². The van der Waals surface area contributed by atoms with Gasteiger partial charge in [-0.3, -0.25) is 19.8 Å². The van der Waals surface area contributed by atoms with Crippen molar-refractivity contribution in [3.63, 3.8) is 0 Å². The van der Waals surface area contributed by atoms with E-state index < -0.39 is 29.9 Å². The summed E-state index contributed by atoms with van der Waals surface area (Å²) in [6.07, 6.45) is -5.06. The molecule has 0 aliphatic carbocycles. The first kappa shape index (κ1) is 29.8. The SMILES string of the molecule is O=C(O)CCNC(=O)c1ccc(CN(Cc2cc(Cl)cc(Cl)c2)NC(=O)c2ccc(OC(F)(F)F)cc2)cc1. The number of carbonyl (C=O) groups is 3. The van der Waals surface area contributed by atoms with Crippen LogP contribution in [0.2, 0.25) is 10.0 Å². The molecule has 3 aromatic carbocycles. The Bertz CT molecular complexity index is 1300. The summed E-state index contributed by atoms with van der Waals surface area (Å²) in [5.41, 5.74) is 4.52. The second-order valence-corrected chi connectivity index (χ2v) is 9.12. The van der Waals surface area contributed by atoms with Crippen molar-refractivity contribution in [2.24, 2.45) is 0 Å². The molecule has 0 bridgehead atoms. The number of alkyl halides is 3. The number of hydrogen-bond acceptors (Lipinski definition) is 5. The molecule has 206 valence electrons. The van der Waals surface area contributed by atoms with E-state index in [1.54, 1.807) is 47.5 Å². The van der Waals surface area contributed by atoms with Crippen LogP contribution in [-0.2, 0) is 17.9 Å². The highest BCUT2D eigenvalue weighted by Crippen LogP contribution is 2.23. The Kier molecular flexibility index (Phi) is 10.2. The van der Waals surface area contributed by atoms with E-state index in [0.717, 1.165) is 12.1 Å². The van der Waals surface area contributed by atoms with Crippen LogP contribution in [0, 0.1) is 0 Å². The molecule has 39 heavy (non-hydrogen) atoms. The number of carboxylic acids is 1. The van der Waals surface area contributed by atoms with Gasteiger partial charge in [-0.1, -0.05) is 35.3 Å². The summed E-state index contributed by atoms with van der Waals surface area (Å²) in [5, 5.41) is 13.5. The van der Waals surface area contributed by atoms with Crippen molar-refractivity contribution in [1.29, 1.82) is 0 Å². The predicted octanol–water partition coefficient (Wildman–Crippen LogP) is 5.44. The van der Waals surface area contributed by atoms with Gasteiger partial charge in [-0.15, -0.1) is 13.2 Å². The molecule has 0 aliphatic heterocycles. The van der Waals surface area contributed by atoms with E-state index in [1.807, 2.05) is 0 Å². The lowest BCUT2D eigenvalue weighted by molar-refractivity contribution is -0.274. The van der Waals surface area contributed by atoms with Crippen LogP contribution in [0.25, 0.3) is 0 Å². The number of benzene rings is 3. The Balaban J connectivity index is 1.74. The van der Waals surface area contributed by atoms with E-state index in [2.05, 4.69) is 15.5 Å². The Morgan fingerprint density at radius 1 is 0.821 bits per heavy atom. The van der Waals surface area contributed by atoms with E-state index >= 15 is 0 Å². The quantitative estimate of drug-likeness (QED) is 0.259. The molecular formula is C26H22Cl2F3N3O5. The topological polar surface area (TPSA) is 108 Å². The normalized spacial score (nSPS) is 11.2. The third-order valence-corrected chi connectivity index (χ3v) is 5.56. The summed E-state index contributed by atoms with van der Waals surface area (Å²) in [4.78, 5) is 35.7. The van der Waals surface area contributed by atoms with Gasteiger partial charge in [-0.2, -0.15) is 0 Å². The molecule has 0 aliphatic rings. The second-order valence-electron chi connectivity index (χ2n) is 8.24. The summed E-state index contributed by atoms with van der Waals surface area (Å²) in [6, 6.07) is 15.8. The van der Waals surface area contributed by atoms with E-state index in [9.17, 15) is 27.6 Å². The zero-order valence-corrected chi connectivity index (χ0v) is 21.6. The largest absolute Gasteiger partial charge is 0.573 e. The van der Waals surface area contributed by atoms with Crippen LogP contribution >= 0.6 is 23.2 Å². The number of hydrogen-bond donors (Lipinski definition) is 3. The lowest BCUT2D eigenvalue weighted by Crippen LogP contribution is -2.41. The lowest BCUT2D eigenvalue weighted by Gasteiger charge is -2.24. The first-order valence-corrected chi connectivity index (χ1v) is 12.1. The maximum atomic E-state index is 12.9. The van der Waals surface area contributed by atoms with E-state index in [4.69, 9.17) is 28.3 Å². The summed E-state index contributed by atoms with van der Waals surface area (Å²) in [7, 11) is 0. The third kappa shape index (κ3) is 10.1. The number of carboxylic acid groups (broad SMARTS) is 1. The van der Waals surface area contributed by atoms with Gasteiger partial charge in [0.1, 0.15) is 5.75 Å². The average Bonchev–Trinajstić information content (AvgIpc) is 2.83. The summed E-state index contributed by atoms with van der Waals surface area (Å²) >= 11 is 12.2. The average molecular weight is 584 g/mol. The first-order valence-electron chi connectivity index (χ1n) is 11.3. The van der Waals surface area contributed by atoms with Crippen LogP contribution < -0.4 is 15.5 Å². The summed E-state index contributed by atoms with van der Waals surface area (Å²) in [5.74, 6) is -2.51. The zero-order valence-electron chi connectivity index (χ0n) is 20.1. The standard InChI is InChI=1S/C26H22Cl2F3N3O5/c27-20-11-17(12-21(28)13-20)15-34(33-25(38)19-5-7-22(8-6-19)39-26(29,30)31)14-16-1-3-18(4-2-16)24(37)32-10-9-23(35)36/h1-8,11-13H,9-10,14-15H2,(H,32,37)(H,33,38)(H,35,36). The number of rotatable bonds is 11. The van der Waals surface area contributed by atoms with E-state index in [1.165, 1.54) is 12.1 Å². The van der Waals surface area contributed by atoms with Crippen LogP contribution in [0.4, 0.5) is 13.2 Å². The molecule has 0 unspecified atom stereocenters. The van der Waals surface area contributed by atoms with E-state index in [0.29, 0.717) is 26.7 Å². The Hall–Kier alpha value is -3.80. The van der Waals surface area contributed by atoms with Crippen LogP contribution in [0.5, 0.6) is 5.75 Å². The Morgan fingerprint density at radius 3 is 1.92 bits per heavy atom. The van der Waals surface area contributed by atoms with Gasteiger partial charge in [0.15, 0.2) is 0 Å². The molecule has 0 saturated heterocycles. The summed E-state index contributed by atoms with van der Waals surface area (Å²) < 4.78 is 41.1. The first-order chi connectivity index (χ1) is 18.4. The maximum Gasteiger partial charge on any atom is 0.573 e. The second kappa shape index (κ2) is 13.3. The maximum absolute atomic E-state index is 12.9. The van der Waals surface area contributed by atoms with Crippen LogP contribution in [-0.4, -0.2) is 40.8 Å². The van der Waals surface area contributed by atoms with Gasteiger partial charge in [0.2, 0.25) is 0 Å². The van der Waals surface area contributed by atoms with Gasteiger partial charge in [-0.05, 0) is 65.7 Å². The number of halogens is 5. The minimum absolute atomic E-state index is 0.0127. The number of aliphatic carboxylic acids is 1. The highest BCUT2D eigenvalue weighted by molar-refractivity contribution is 6.34. The number of hydrazine groups is 1. The zero-order chi connectivity index (χ0) is 28.6. The Morgan fingerprint density at radius 2 is 1.36 bits per heavy atom. The predicted molar refractivity (Wildman–Crippen MR) is 137 cm³/mol. The fourth-order valence-corrected chi connectivity index (χ4v) is 4.01. The molecule has 0 radical (unpaired) electrons.